The molecule has 1 aliphatic rings. The van der Waals surface area contributed by atoms with Gasteiger partial charge >= 0.3 is 6.18 Å². The number of anilines is 1. The zero-order valence-corrected chi connectivity index (χ0v) is 10.2. The Balaban J connectivity index is 2.24. The normalized spacial score (nSPS) is 23.4. The van der Waals surface area contributed by atoms with Gasteiger partial charge < -0.3 is 11.1 Å². The number of fused-ring (bicyclic) bond motifs is 1. The second-order valence-electron chi connectivity index (χ2n) is 4.81. The minimum Gasteiger partial charge on any atom is -0.382 e. The summed E-state index contributed by atoms with van der Waals surface area (Å²) in [5.41, 5.74) is 7.96. The van der Waals surface area contributed by atoms with Crippen molar-refractivity contribution in [2.45, 2.75) is 44.4 Å². The highest BCUT2D eigenvalue weighted by atomic mass is 19.4. The van der Waals surface area contributed by atoms with Crippen LogP contribution in [0.2, 0.25) is 0 Å². The highest BCUT2D eigenvalue weighted by Crippen LogP contribution is 2.34. The van der Waals surface area contributed by atoms with E-state index in [1.54, 1.807) is 12.1 Å². The lowest BCUT2D eigenvalue weighted by atomic mass is 9.91. The van der Waals surface area contributed by atoms with Crippen molar-refractivity contribution in [2.75, 3.05) is 5.32 Å². The first-order valence-electron chi connectivity index (χ1n) is 6.10. The molecule has 1 aliphatic heterocycles. The Hall–Kier alpha value is -1.23. The molecule has 2 atom stereocenters. The van der Waals surface area contributed by atoms with Crippen LogP contribution in [0.4, 0.5) is 18.9 Å². The number of nitrogens with two attached hydrogens (primary N) is 1. The molecular formula is C13H17F3N2. The molecule has 0 saturated heterocycles. The van der Waals surface area contributed by atoms with E-state index in [1.807, 2.05) is 0 Å². The molecule has 18 heavy (non-hydrogen) atoms. The van der Waals surface area contributed by atoms with Crippen molar-refractivity contribution >= 4 is 5.69 Å². The Labute approximate surface area is 104 Å². The van der Waals surface area contributed by atoms with E-state index in [2.05, 4.69) is 12.2 Å². The molecule has 1 heterocycles. The first-order valence-corrected chi connectivity index (χ1v) is 6.10. The molecule has 1 aromatic rings. The summed E-state index contributed by atoms with van der Waals surface area (Å²) in [6.45, 7) is 2.06. The molecule has 2 nitrogen and oxygen atoms in total. The van der Waals surface area contributed by atoms with E-state index < -0.39 is 12.6 Å². The Kier molecular flexibility index (Phi) is 3.52. The topological polar surface area (TPSA) is 38.0 Å². The lowest BCUT2D eigenvalue weighted by molar-refractivity contribution is -0.127. The van der Waals surface area contributed by atoms with Crippen LogP contribution in [0.25, 0.3) is 0 Å². The van der Waals surface area contributed by atoms with Gasteiger partial charge in [-0.25, -0.2) is 0 Å². The quantitative estimate of drug-likeness (QED) is 0.853. The molecule has 3 N–H and O–H groups in total. The van der Waals surface area contributed by atoms with Crippen LogP contribution in [0, 0.1) is 0 Å². The molecule has 2 rings (SSSR count). The third-order valence-corrected chi connectivity index (χ3v) is 3.31. The van der Waals surface area contributed by atoms with Crippen LogP contribution in [0.15, 0.2) is 18.2 Å². The van der Waals surface area contributed by atoms with Crippen LogP contribution >= 0.6 is 0 Å². The van der Waals surface area contributed by atoms with E-state index in [4.69, 9.17) is 5.73 Å². The van der Waals surface area contributed by atoms with E-state index >= 15 is 0 Å². The molecular weight excluding hydrogens is 241 g/mol. The minimum atomic E-state index is -4.17. The van der Waals surface area contributed by atoms with Crippen molar-refractivity contribution in [1.29, 1.82) is 0 Å². The molecule has 0 bridgehead atoms. The summed E-state index contributed by atoms with van der Waals surface area (Å²) in [6, 6.07) is 4.93. The zero-order valence-electron chi connectivity index (χ0n) is 10.2. The highest BCUT2D eigenvalue weighted by Gasteiger charge is 2.29. The fourth-order valence-corrected chi connectivity index (χ4v) is 2.37. The van der Waals surface area contributed by atoms with Gasteiger partial charge in [0.15, 0.2) is 0 Å². The van der Waals surface area contributed by atoms with Crippen LogP contribution in [0.1, 0.15) is 36.9 Å². The van der Waals surface area contributed by atoms with Gasteiger partial charge in [0, 0.05) is 17.8 Å². The Morgan fingerprint density at radius 3 is 2.72 bits per heavy atom. The maximum atomic E-state index is 12.3. The number of rotatable bonds is 2. The van der Waals surface area contributed by atoms with Gasteiger partial charge in [0.05, 0.1) is 6.42 Å². The van der Waals surface area contributed by atoms with Gasteiger partial charge in [-0.3, -0.25) is 0 Å². The number of nitrogens with one attached hydrogen (secondary N) is 1. The third-order valence-electron chi connectivity index (χ3n) is 3.31. The van der Waals surface area contributed by atoms with Crippen molar-refractivity contribution in [2.24, 2.45) is 5.73 Å². The first kappa shape index (κ1) is 13.2. The van der Waals surface area contributed by atoms with Gasteiger partial charge in [-0.15, -0.1) is 0 Å². The molecule has 0 radical (unpaired) electrons. The molecule has 0 saturated carbocycles. The number of alkyl halides is 3. The summed E-state index contributed by atoms with van der Waals surface area (Å²) in [5, 5.41) is 3.31. The van der Waals surface area contributed by atoms with Gasteiger partial charge in [0.2, 0.25) is 0 Å². The molecule has 0 amide bonds. The second kappa shape index (κ2) is 4.80. The van der Waals surface area contributed by atoms with E-state index in [0.717, 1.165) is 24.1 Å². The highest BCUT2D eigenvalue weighted by molar-refractivity contribution is 5.57. The van der Waals surface area contributed by atoms with Crippen LogP contribution in [0.5, 0.6) is 0 Å². The van der Waals surface area contributed by atoms with Gasteiger partial charge in [0.1, 0.15) is 0 Å². The molecule has 5 heteroatoms. The summed E-state index contributed by atoms with van der Waals surface area (Å²) in [7, 11) is 0. The van der Waals surface area contributed by atoms with Crippen LogP contribution < -0.4 is 11.1 Å². The average molecular weight is 258 g/mol. The predicted octanol–water partition coefficient (Wildman–Crippen LogP) is 3.39. The summed E-state index contributed by atoms with van der Waals surface area (Å²) in [4.78, 5) is 0. The summed E-state index contributed by atoms with van der Waals surface area (Å²) >= 11 is 0. The Bertz CT molecular complexity index is 429. The van der Waals surface area contributed by atoms with Crippen LogP contribution in [0.3, 0.4) is 0 Å². The monoisotopic (exact) mass is 258 g/mol. The van der Waals surface area contributed by atoms with E-state index in [-0.39, 0.29) is 11.6 Å². The van der Waals surface area contributed by atoms with Gasteiger partial charge in [0.25, 0.3) is 0 Å². The largest absolute Gasteiger partial charge is 0.393 e. The van der Waals surface area contributed by atoms with Crippen molar-refractivity contribution in [3.05, 3.63) is 29.3 Å². The number of hydrogen-bond acceptors (Lipinski definition) is 2. The SMILES string of the molecule is CC[C@@H]1C[C@H](N)c2cc(CC(F)(F)F)ccc2N1. The van der Waals surface area contributed by atoms with Crippen molar-refractivity contribution in [3.63, 3.8) is 0 Å². The number of benzene rings is 1. The summed E-state index contributed by atoms with van der Waals surface area (Å²) in [6.07, 6.45) is -3.35. The predicted molar refractivity (Wildman–Crippen MR) is 65.4 cm³/mol. The van der Waals surface area contributed by atoms with E-state index in [0.29, 0.717) is 6.04 Å². The smallest absolute Gasteiger partial charge is 0.382 e. The molecule has 0 spiro atoms. The van der Waals surface area contributed by atoms with Gasteiger partial charge in [-0.05, 0) is 30.0 Å². The number of hydrogen-bond donors (Lipinski definition) is 2. The molecule has 0 aliphatic carbocycles. The van der Waals surface area contributed by atoms with Crippen molar-refractivity contribution in [3.8, 4) is 0 Å². The average Bonchev–Trinajstić information content (AvgIpc) is 2.27. The van der Waals surface area contributed by atoms with E-state index in [1.165, 1.54) is 6.07 Å². The van der Waals surface area contributed by atoms with E-state index in [9.17, 15) is 13.2 Å². The number of halogens is 3. The van der Waals surface area contributed by atoms with Crippen molar-refractivity contribution in [1.82, 2.24) is 0 Å². The standard InChI is InChI=1S/C13H17F3N2/c1-2-9-6-11(17)10-5-8(7-13(14,15)16)3-4-12(10)18-9/h3-5,9,11,18H,2,6-7,17H2,1H3/t9-,11+/m1/s1. The Morgan fingerprint density at radius 1 is 1.39 bits per heavy atom. The van der Waals surface area contributed by atoms with Crippen LogP contribution in [-0.4, -0.2) is 12.2 Å². The summed E-state index contributed by atoms with van der Waals surface area (Å²) < 4.78 is 37.0. The molecule has 1 aromatic carbocycles. The zero-order chi connectivity index (χ0) is 13.3. The van der Waals surface area contributed by atoms with Gasteiger partial charge in [-0.2, -0.15) is 13.2 Å². The lowest BCUT2D eigenvalue weighted by Crippen LogP contribution is -2.31. The maximum Gasteiger partial charge on any atom is 0.393 e. The summed E-state index contributed by atoms with van der Waals surface area (Å²) in [5.74, 6) is 0. The van der Waals surface area contributed by atoms with Crippen LogP contribution in [-0.2, 0) is 6.42 Å². The molecule has 100 valence electrons. The fourth-order valence-electron chi connectivity index (χ4n) is 2.37. The molecule has 0 unspecified atom stereocenters. The van der Waals surface area contributed by atoms with Crippen molar-refractivity contribution < 1.29 is 13.2 Å². The lowest BCUT2D eigenvalue weighted by Gasteiger charge is -2.31. The van der Waals surface area contributed by atoms with Gasteiger partial charge in [-0.1, -0.05) is 19.1 Å². The molecule has 0 fully saturated rings. The third kappa shape index (κ3) is 2.96. The second-order valence-corrected chi connectivity index (χ2v) is 4.81. The molecule has 0 aromatic heterocycles. The first-order chi connectivity index (χ1) is 8.39. The maximum absolute atomic E-state index is 12.3. The Morgan fingerprint density at radius 2 is 2.11 bits per heavy atom. The minimum absolute atomic E-state index is 0.181. The fraction of sp³-hybridized carbons (Fsp3) is 0.538.